The molecule has 2 nitrogen and oxygen atoms in total. The maximum Gasteiger partial charge on any atom is 0.119 e. The van der Waals surface area contributed by atoms with Gasteiger partial charge in [-0.2, -0.15) is 0 Å². The molecule has 0 atom stereocenters. The summed E-state index contributed by atoms with van der Waals surface area (Å²) in [5, 5.41) is 10.4. The minimum atomic E-state index is 0.0557. The van der Waals surface area contributed by atoms with E-state index in [4.69, 9.17) is 0 Å². The lowest BCUT2D eigenvalue weighted by atomic mass is 10.2. The van der Waals surface area contributed by atoms with Crippen LogP contribution in [0.4, 0.5) is 0 Å². The molecule has 1 aromatic carbocycles. The fraction of sp³-hybridized carbons (Fsp3) is 0.273. The Bertz CT molecular complexity index is 443. The molecule has 0 aliphatic carbocycles. The number of hydrogen-bond acceptors (Lipinski definition) is 1. The highest BCUT2D eigenvalue weighted by Crippen LogP contribution is 2.24. The standard InChI is InChI=1S/C11H13NO/c1-8-9(2)12(7-13)11-6-4-3-5-10(8)11/h3-6,13H,7H2,1-2H3. The second-order valence-corrected chi connectivity index (χ2v) is 3.30. The second-order valence-electron chi connectivity index (χ2n) is 3.30. The van der Waals surface area contributed by atoms with Gasteiger partial charge in [0.1, 0.15) is 6.73 Å². The van der Waals surface area contributed by atoms with E-state index in [1.165, 1.54) is 10.9 Å². The van der Waals surface area contributed by atoms with E-state index < -0.39 is 0 Å². The summed E-state index contributed by atoms with van der Waals surface area (Å²) in [6.45, 7) is 4.18. The van der Waals surface area contributed by atoms with Gasteiger partial charge in [0.25, 0.3) is 0 Å². The Morgan fingerprint density at radius 3 is 2.62 bits per heavy atom. The van der Waals surface area contributed by atoms with Crippen molar-refractivity contribution in [1.82, 2.24) is 4.57 Å². The van der Waals surface area contributed by atoms with Crippen molar-refractivity contribution in [2.24, 2.45) is 0 Å². The molecule has 1 aromatic heterocycles. The van der Waals surface area contributed by atoms with Crippen LogP contribution in [0.2, 0.25) is 0 Å². The van der Waals surface area contributed by atoms with Gasteiger partial charge in [0, 0.05) is 11.1 Å². The van der Waals surface area contributed by atoms with Crippen molar-refractivity contribution in [3.8, 4) is 0 Å². The van der Waals surface area contributed by atoms with Gasteiger partial charge in [-0.1, -0.05) is 18.2 Å². The van der Waals surface area contributed by atoms with E-state index in [9.17, 15) is 5.11 Å². The van der Waals surface area contributed by atoms with Crippen molar-refractivity contribution in [3.63, 3.8) is 0 Å². The number of aliphatic hydroxyl groups excluding tert-OH is 1. The van der Waals surface area contributed by atoms with E-state index >= 15 is 0 Å². The number of hydrogen-bond donors (Lipinski definition) is 1. The van der Waals surface area contributed by atoms with Crippen LogP contribution in [-0.2, 0) is 6.73 Å². The zero-order valence-corrected chi connectivity index (χ0v) is 7.91. The van der Waals surface area contributed by atoms with Gasteiger partial charge in [0.15, 0.2) is 0 Å². The summed E-state index contributed by atoms with van der Waals surface area (Å²) in [4.78, 5) is 0. The first-order valence-electron chi connectivity index (χ1n) is 4.41. The number of fused-ring (bicyclic) bond motifs is 1. The summed E-state index contributed by atoms with van der Waals surface area (Å²) in [5.41, 5.74) is 3.51. The number of benzene rings is 1. The van der Waals surface area contributed by atoms with Crippen LogP contribution in [0.3, 0.4) is 0 Å². The molecule has 0 radical (unpaired) electrons. The number of aromatic nitrogens is 1. The van der Waals surface area contributed by atoms with Crippen LogP contribution in [0.5, 0.6) is 0 Å². The molecular weight excluding hydrogens is 162 g/mol. The van der Waals surface area contributed by atoms with Crippen LogP contribution in [0.15, 0.2) is 24.3 Å². The first kappa shape index (κ1) is 8.32. The normalized spacial score (nSPS) is 11.0. The highest BCUT2D eigenvalue weighted by Gasteiger charge is 2.07. The third-order valence-electron chi connectivity index (χ3n) is 2.69. The lowest BCUT2D eigenvalue weighted by molar-refractivity contribution is 0.213. The number of rotatable bonds is 1. The zero-order chi connectivity index (χ0) is 9.42. The van der Waals surface area contributed by atoms with Crippen LogP contribution in [-0.4, -0.2) is 9.67 Å². The highest BCUT2D eigenvalue weighted by molar-refractivity contribution is 5.85. The number of para-hydroxylation sites is 1. The van der Waals surface area contributed by atoms with E-state index in [0.717, 1.165) is 11.2 Å². The SMILES string of the molecule is Cc1c(C)n(CO)c2ccccc12. The average molecular weight is 175 g/mol. The van der Waals surface area contributed by atoms with Crippen molar-refractivity contribution in [1.29, 1.82) is 0 Å². The summed E-state index contributed by atoms with van der Waals surface area (Å²) in [6, 6.07) is 8.14. The average Bonchev–Trinajstić information content (AvgIpc) is 2.41. The molecule has 0 spiro atoms. The molecule has 68 valence electrons. The fourth-order valence-electron chi connectivity index (χ4n) is 1.79. The van der Waals surface area contributed by atoms with Gasteiger partial charge in [-0.05, 0) is 25.5 Å². The predicted molar refractivity (Wildman–Crippen MR) is 53.6 cm³/mol. The molecule has 0 fully saturated rings. The van der Waals surface area contributed by atoms with Crippen molar-refractivity contribution in [2.45, 2.75) is 20.6 Å². The summed E-state index contributed by atoms with van der Waals surface area (Å²) in [5.74, 6) is 0. The number of nitrogens with zero attached hydrogens (tertiary/aromatic N) is 1. The molecule has 2 heteroatoms. The summed E-state index contributed by atoms with van der Waals surface area (Å²) < 4.78 is 1.92. The third kappa shape index (κ3) is 1.06. The lowest BCUT2D eigenvalue weighted by Gasteiger charge is -2.01. The second kappa shape index (κ2) is 2.89. The van der Waals surface area contributed by atoms with Crippen molar-refractivity contribution in [3.05, 3.63) is 35.5 Å². The van der Waals surface area contributed by atoms with Crippen LogP contribution in [0, 0.1) is 13.8 Å². The molecule has 0 saturated carbocycles. The van der Waals surface area contributed by atoms with Gasteiger partial charge in [-0.25, -0.2) is 0 Å². The molecule has 1 N–H and O–H groups in total. The minimum absolute atomic E-state index is 0.0557. The van der Waals surface area contributed by atoms with Crippen molar-refractivity contribution in [2.75, 3.05) is 0 Å². The van der Waals surface area contributed by atoms with Gasteiger partial charge < -0.3 is 9.67 Å². The molecule has 0 aliphatic heterocycles. The monoisotopic (exact) mass is 175 g/mol. The molecule has 0 saturated heterocycles. The predicted octanol–water partition coefficient (Wildman–Crippen LogP) is 2.21. The van der Waals surface area contributed by atoms with Gasteiger partial charge in [0.2, 0.25) is 0 Å². The molecule has 0 amide bonds. The Kier molecular flexibility index (Phi) is 1.85. The van der Waals surface area contributed by atoms with Gasteiger partial charge in [-0.3, -0.25) is 0 Å². The topological polar surface area (TPSA) is 25.2 Å². The first-order valence-corrected chi connectivity index (χ1v) is 4.41. The summed E-state index contributed by atoms with van der Waals surface area (Å²) in [7, 11) is 0. The van der Waals surface area contributed by atoms with Crippen molar-refractivity contribution < 1.29 is 5.11 Å². The van der Waals surface area contributed by atoms with Gasteiger partial charge >= 0.3 is 0 Å². The van der Waals surface area contributed by atoms with E-state index in [-0.39, 0.29) is 6.73 Å². The molecular formula is C11H13NO. The third-order valence-corrected chi connectivity index (χ3v) is 2.69. The Balaban J connectivity index is 2.90. The van der Waals surface area contributed by atoms with Gasteiger partial charge in [0.05, 0.1) is 5.52 Å². The highest BCUT2D eigenvalue weighted by atomic mass is 16.3. The molecule has 2 rings (SSSR count). The first-order chi connectivity index (χ1) is 6.25. The lowest BCUT2D eigenvalue weighted by Crippen LogP contribution is -1.98. The molecule has 0 aliphatic rings. The molecule has 1 heterocycles. The molecule has 2 aromatic rings. The Morgan fingerprint density at radius 1 is 1.23 bits per heavy atom. The van der Waals surface area contributed by atoms with Gasteiger partial charge in [-0.15, -0.1) is 0 Å². The molecule has 0 unspecified atom stereocenters. The largest absolute Gasteiger partial charge is 0.376 e. The summed E-state index contributed by atoms with van der Waals surface area (Å²) >= 11 is 0. The maximum atomic E-state index is 9.19. The van der Waals surface area contributed by atoms with Crippen LogP contribution < -0.4 is 0 Å². The zero-order valence-electron chi connectivity index (χ0n) is 7.91. The number of aliphatic hydroxyl groups is 1. The van der Waals surface area contributed by atoms with E-state index in [1.807, 2.05) is 29.7 Å². The summed E-state index contributed by atoms with van der Waals surface area (Å²) in [6.07, 6.45) is 0. The maximum absolute atomic E-state index is 9.19. The van der Waals surface area contributed by atoms with Crippen LogP contribution >= 0.6 is 0 Å². The smallest absolute Gasteiger partial charge is 0.119 e. The van der Waals surface area contributed by atoms with Crippen LogP contribution in [0.25, 0.3) is 10.9 Å². The molecule has 0 bridgehead atoms. The van der Waals surface area contributed by atoms with E-state index in [1.54, 1.807) is 0 Å². The van der Waals surface area contributed by atoms with E-state index in [0.29, 0.717) is 0 Å². The Hall–Kier alpha value is -1.28. The van der Waals surface area contributed by atoms with Crippen LogP contribution in [0.1, 0.15) is 11.3 Å². The number of aryl methyl sites for hydroxylation is 1. The Morgan fingerprint density at radius 2 is 1.92 bits per heavy atom. The minimum Gasteiger partial charge on any atom is -0.376 e. The Labute approximate surface area is 77.4 Å². The molecule has 13 heavy (non-hydrogen) atoms. The van der Waals surface area contributed by atoms with E-state index in [2.05, 4.69) is 13.0 Å². The quantitative estimate of drug-likeness (QED) is 0.706. The fourth-order valence-corrected chi connectivity index (χ4v) is 1.79. The van der Waals surface area contributed by atoms with Crippen molar-refractivity contribution >= 4 is 10.9 Å².